The first-order chi connectivity index (χ1) is 9.75. The standard InChI is InChI=1S/C16H26N4/c1-3-9-19-16(13-17)8-5-6-14(16)7-11-20-12-10-18-15(20)4-2/h10,12,14,19H,3-9,11H2,1-2H3. The predicted octanol–water partition coefficient (Wildman–Crippen LogP) is 2.90. The minimum atomic E-state index is -0.289. The van der Waals surface area contributed by atoms with Crippen LogP contribution < -0.4 is 5.32 Å². The Morgan fingerprint density at radius 1 is 1.55 bits per heavy atom. The molecule has 4 nitrogen and oxygen atoms in total. The highest BCUT2D eigenvalue weighted by Gasteiger charge is 2.42. The van der Waals surface area contributed by atoms with Gasteiger partial charge in [-0.3, -0.25) is 5.32 Å². The molecule has 1 saturated carbocycles. The Hall–Kier alpha value is -1.34. The summed E-state index contributed by atoms with van der Waals surface area (Å²) in [7, 11) is 0. The Balaban J connectivity index is 1.99. The second-order valence-corrected chi connectivity index (χ2v) is 5.78. The molecule has 0 radical (unpaired) electrons. The van der Waals surface area contributed by atoms with Crippen molar-refractivity contribution in [1.29, 1.82) is 5.26 Å². The number of aromatic nitrogens is 2. The van der Waals surface area contributed by atoms with Gasteiger partial charge in [0.1, 0.15) is 11.4 Å². The van der Waals surface area contributed by atoms with Gasteiger partial charge >= 0.3 is 0 Å². The van der Waals surface area contributed by atoms with Gasteiger partial charge in [-0.2, -0.15) is 5.26 Å². The number of hydrogen-bond donors (Lipinski definition) is 1. The van der Waals surface area contributed by atoms with Crippen LogP contribution in [0.5, 0.6) is 0 Å². The largest absolute Gasteiger partial charge is 0.335 e. The number of aryl methyl sites for hydroxylation is 2. The summed E-state index contributed by atoms with van der Waals surface area (Å²) in [6.07, 6.45) is 10.4. The summed E-state index contributed by atoms with van der Waals surface area (Å²) >= 11 is 0. The van der Waals surface area contributed by atoms with Crippen LogP contribution in [-0.2, 0) is 13.0 Å². The van der Waals surface area contributed by atoms with Crippen LogP contribution in [-0.4, -0.2) is 21.6 Å². The molecule has 1 aliphatic rings. The van der Waals surface area contributed by atoms with Crippen molar-refractivity contribution in [3.63, 3.8) is 0 Å². The van der Waals surface area contributed by atoms with E-state index in [4.69, 9.17) is 0 Å². The van der Waals surface area contributed by atoms with Crippen molar-refractivity contribution in [3.05, 3.63) is 18.2 Å². The van der Waals surface area contributed by atoms with Gasteiger partial charge in [0.05, 0.1) is 6.07 Å². The lowest BCUT2D eigenvalue weighted by atomic mass is 9.85. The van der Waals surface area contributed by atoms with E-state index in [-0.39, 0.29) is 5.54 Å². The van der Waals surface area contributed by atoms with E-state index < -0.39 is 0 Å². The molecule has 20 heavy (non-hydrogen) atoms. The molecule has 4 heteroatoms. The first-order valence-electron chi connectivity index (χ1n) is 7.92. The van der Waals surface area contributed by atoms with Crippen LogP contribution in [0.25, 0.3) is 0 Å². The fourth-order valence-electron chi connectivity index (χ4n) is 3.39. The number of imidazole rings is 1. The van der Waals surface area contributed by atoms with Crippen molar-refractivity contribution in [1.82, 2.24) is 14.9 Å². The van der Waals surface area contributed by atoms with Gasteiger partial charge in [-0.25, -0.2) is 4.98 Å². The zero-order valence-corrected chi connectivity index (χ0v) is 12.7. The lowest BCUT2D eigenvalue weighted by Gasteiger charge is -2.30. The molecule has 0 amide bonds. The lowest BCUT2D eigenvalue weighted by Crippen LogP contribution is -2.47. The van der Waals surface area contributed by atoms with Crippen molar-refractivity contribution in [2.24, 2.45) is 5.92 Å². The molecule has 1 heterocycles. The average Bonchev–Trinajstić information content (AvgIpc) is 3.09. The first-order valence-corrected chi connectivity index (χ1v) is 7.92. The molecule has 0 saturated heterocycles. The summed E-state index contributed by atoms with van der Waals surface area (Å²) in [6.45, 7) is 6.21. The summed E-state index contributed by atoms with van der Waals surface area (Å²) in [5.74, 6) is 1.61. The van der Waals surface area contributed by atoms with E-state index in [1.54, 1.807) is 0 Å². The lowest BCUT2D eigenvalue weighted by molar-refractivity contribution is 0.290. The molecule has 0 spiro atoms. The highest BCUT2D eigenvalue weighted by molar-refractivity contribution is 5.14. The van der Waals surface area contributed by atoms with Gasteiger partial charge in [0.2, 0.25) is 0 Å². The minimum Gasteiger partial charge on any atom is -0.335 e. The zero-order chi connectivity index (χ0) is 14.4. The molecule has 2 rings (SSSR count). The fourth-order valence-corrected chi connectivity index (χ4v) is 3.39. The maximum absolute atomic E-state index is 9.64. The van der Waals surface area contributed by atoms with Crippen LogP contribution in [0, 0.1) is 17.2 Å². The molecule has 2 atom stereocenters. The molecule has 110 valence electrons. The smallest absolute Gasteiger partial charge is 0.109 e. The molecular weight excluding hydrogens is 248 g/mol. The number of nitrogens with one attached hydrogen (secondary N) is 1. The summed E-state index contributed by atoms with van der Waals surface area (Å²) in [5, 5.41) is 13.2. The molecule has 1 aromatic heterocycles. The third kappa shape index (κ3) is 3.04. The van der Waals surface area contributed by atoms with Crippen LogP contribution in [0.3, 0.4) is 0 Å². The van der Waals surface area contributed by atoms with E-state index in [9.17, 15) is 5.26 Å². The molecule has 1 fully saturated rings. The van der Waals surface area contributed by atoms with Gasteiger partial charge in [0, 0.05) is 25.4 Å². The van der Waals surface area contributed by atoms with Crippen LogP contribution in [0.15, 0.2) is 12.4 Å². The normalized spacial score (nSPS) is 25.8. The third-order valence-corrected chi connectivity index (χ3v) is 4.55. The van der Waals surface area contributed by atoms with Gasteiger partial charge in [0.15, 0.2) is 0 Å². The minimum absolute atomic E-state index is 0.289. The summed E-state index contributed by atoms with van der Waals surface area (Å²) in [5.41, 5.74) is -0.289. The molecule has 1 aromatic rings. The highest BCUT2D eigenvalue weighted by atomic mass is 15.1. The van der Waals surface area contributed by atoms with E-state index in [2.05, 4.69) is 41.0 Å². The average molecular weight is 274 g/mol. The van der Waals surface area contributed by atoms with Gasteiger partial charge in [-0.1, -0.05) is 20.3 Å². The maximum Gasteiger partial charge on any atom is 0.109 e. The van der Waals surface area contributed by atoms with Gasteiger partial charge in [-0.15, -0.1) is 0 Å². The predicted molar refractivity (Wildman–Crippen MR) is 80.2 cm³/mol. The van der Waals surface area contributed by atoms with Crippen LogP contribution >= 0.6 is 0 Å². The second kappa shape index (κ2) is 6.90. The number of rotatable bonds is 7. The Morgan fingerprint density at radius 2 is 2.40 bits per heavy atom. The van der Waals surface area contributed by atoms with Gasteiger partial charge in [-0.05, 0) is 38.1 Å². The number of hydrogen-bond acceptors (Lipinski definition) is 3. The van der Waals surface area contributed by atoms with Crippen molar-refractivity contribution >= 4 is 0 Å². The summed E-state index contributed by atoms with van der Waals surface area (Å²) in [6, 6.07) is 2.59. The molecule has 0 aliphatic heterocycles. The van der Waals surface area contributed by atoms with Crippen molar-refractivity contribution in [3.8, 4) is 6.07 Å². The monoisotopic (exact) mass is 274 g/mol. The Labute approximate surface area is 122 Å². The van der Waals surface area contributed by atoms with E-state index in [1.165, 1.54) is 12.8 Å². The molecule has 1 aliphatic carbocycles. The number of nitriles is 1. The van der Waals surface area contributed by atoms with Crippen molar-refractivity contribution < 1.29 is 0 Å². The van der Waals surface area contributed by atoms with Crippen molar-refractivity contribution in [2.75, 3.05) is 6.54 Å². The Bertz CT molecular complexity index is 459. The molecule has 2 unspecified atom stereocenters. The van der Waals surface area contributed by atoms with Gasteiger partial charge in [0.25, 0.3) is 0 Å². The van der Waals surface area contributed by atoms with Crippen LogP contribution in [0.1, 0.15) is 51.8 Å². The first kappa shape index (κ1) is 15.1. The van der Waals surface area contributed by atoms with Crippen LogP contribution in [0.2, 0.25) is 0 Å². The summed E-state index contributed by atoms with van der Waals surface area (Å²) < 4.78 is 2.24. The van der Waals surface area contributed by atoms with E-state index in [0.717, 1.165) is 44.6 Å². The highest BCUT2D eigenvalue weighted by Crippen LogP contribution is 2.38. The SMILES string of the molecule is CCCNC1(C#N)CCCC1CCn1ccnc1CC. The van der Waals surface area contributed by atoms with Crippen molar-refractivity contribution in [2.45, 2.75) is 64.5 Å². The van der Waals surface area contributed by atoms with Crippen LogP contribution in [0.4, 0.5) is 0 Å². The maximum atomic E-state index is 9.64. The number of nitrogens with zero attached hydrogens (tertiary/aromatic N) is 3. The fraction of sp³-hybridized carbons (Fsp3) is 0.750. The molecule has 1 N–H and O–H groups in total. The van der Waals surface area contributed by atoms with Gasteiger partial charge < -0.3 is 4.57 Å². The molecular formula is C16H26N4. The quantitative estimate of drug-likeness (QED) is 0.831. The summed E-state index contributed by atoms with van der Waals surface area (Å²) in [4.78, 5) is 4.37. The molecule has 0 aromatic carbocycles. The Morgan fingerprint density at radius 3 is 3.10 bits per heavy atom. The van der Waals surface area contributed by atoms with E-state index in [0.29, 0.717) is 5.92 Å². The van der Waals surface area contributed by atoms with E-state index in [1.807, 2.05) is 6.20 Å². The topological polar surface area (TPSA) is 53.6 Å². The van der Waals surface area contributed by atoms with E-state index >= 15 is 0 Å². The second-order valence-electron chi connectivity index (χ2n) is 5.78. The Kier molecular flexibility index (Phi) is 5.19. The molecule has 0 bridgehead atoms. The zero-order valence-electron chi connectivity index (χ0n) is 12.7. The third-order valence-electron chi connectivity index (χ3n) is 4.55.